The second-order valence-corrected chi connectivity index (χ2v) is 7.51. The van der Waals surface area contributed by atoms with Gasteiger partial charge in [0.1, 0.15) is 0 Å². The topological polar surface area (TPSA) is 12.0 Å². The van der Waals surface area contributed by atoms with Crippen LogP contribution >= 0.6 is 11.6 Å². The Balaban J connectivity index is 1.76. The molecule has 0 bridgehead atoms. The Morgan fingerprint density at radius 1 is 0.810 bits per heavy atom. The predicted molar refractivity (Wildman–Crippen MR) is 96.3 cm³/mol. The minimum atomic E-state index is 0.430. The van der Waals surface area contributed by atoms with Crippen LogP contribution in [0.15, 0.2) is 0 Å². The van der Waals surface area contributed by atoms with Gasteiger partial charge in [0, 0.05) is 5.38 Å². The van der Waals surface area contributed by atoms with E-state index in [4.69, 9.17) is 11.6 Å². The fourth-order valence-electron chi connectivity index (χ4n) is 3.42. The van der Waals surface area contributed by atoms with Gasteiger partial charge in [-0.25, -0.2) is 0 Å². The summed E-state index contributed by atoms with van der Waals surface area (Å²) in [7, 11) is 0. The van der Waals surface area contributed by atoms with Gasteiger partial charge in [0.15, 0.2) is 0 Å². The van der Waals surface area contributed by atoms with Crippen molar-refractivity contribution in [2.45, 2.75) is 102 Å². The van der Waals surface area contributed by atoms with Gasteiger partial charge in [0.2, 0.25) is 0 Å². The first-order valence-electron chi connectivity index (χ1n) is 9.69. The number of hydrogen-bond donors (Lipinski definition) is 1. The summed E-state index contributed by atoms with van der Waals surface area (Å²) in [5.74, 6) is 0.725. The van der Waals surface area contributed by atoms with Gasteiger partial charge in [-0.05, 0) is 38.3 Å². The molecule has 1 aliphatic rings. The molecule has 0 aliphatic heterocycles. The predicted octanol–water partition coefficient (Wildman–Crippen LogP) is 6.29. The Morgan fingerprint density at radius 2 is 1.38 bits per heavy atom. The van der Waals surface area contributed by atoms with Gasteiger partial charge in [0.25, 0.3) is 0 Å². The van der Waals surface area contributed by atoms with Crippen LogP contribution in [0.1, 0.15) is 96.8 Å². The van der Waals surface area contributed by atoms with E-state index in [0.29, 0.717) is 5.38 Å². The lowest BCUT2D eigenvalue weighted by Crippen LogP contribution is -2.31. The van der Waals surface area contributed by atoms with Crippen LogP contribution in [0.2, 0.25) is 0 Å². The van der Waals surface area contributed by atoms with Crippen LogP contribution in [0.4, 0.5) is 0 Å². The first-order chi connectivity index (χ1) is 10.3. The monoisotopic (exact) mass is 315 g/mol. The maximum atomic E-state index is 6.39. The molecule has 0 aromatic rings. The lowest BCUT2D eigenvalue weighted by Gasteiger charge is -2.27. The van der Waals surface area contributed by atoms with Gasteiger partial charge in [-0.3, -0.25) is 0 Å². The Morgan fingerprint density at radius 3 is 2.00 bits per heavy atom. The van der Waals surface area contributed by atoms with Crippen molar-refractivity contribution >= 4 is 11.6 Å². The molecule has 1 saturated carbocycles. The van der Waals surface area contributed by atoms with Crippen molar-refractivity contribution in [1.29, 1.82) is 0 Å². The summed E-state index contributed by atoms with van der Waals surface area (Å²) in [4.78, 5) is 0. The van der Waals surface area contributed by atoms with Gasteiger partial charge in [-0.15, -0.1) is 11.6 Å². The third kappa shape index (κ3) is 10.6. The molecule has 126 valence electrons. The van der Waals surface area contributed by atoms with Crippen LogP contribution in [0.25, 0.3) is 0 Å². The van der Waals surface area contributed by atoms with E-state index < -0.39 is 0 Å². The van der Waals surface area contributed by atoms with E-state index in [1.165, 1.54) is 96.4 Å². The van der Waals surface area contributed by atoms with E-state index >= 15 is 0 Å². The first-order valence-corrected chi connectivity index (χ1v) is 10.1. The van der Waals surface area contributed by atoms with Crippen molar-refractivity contribution in [1.82, 2.24) is 5.32 Å². The molecule has 2 unspecified atom stereocenters. The smallest absolute Gasteiger partial charge is 0.0376 e. The Labute approximate surface area is 138 Å². The van der Waals surface area contributed by atoms with Crippen molar-refractivity contribution in [2.24, 2.45) is 5.92 Å². The van der Waals surface area contributed by atoms with E-state index in [1.54, 1.807) is 0 Å². The van der Waals surface area contributed by atoms with E-state index in [1.807, 2.05) is 0 Å². The number of halogens is 1. The molecule has 0 spiro atoms. The number of unbranched alkanes of at least 4 members (excludes halogenated alkanes) is 9. The molecule has 0 radical (unpaired) electrons. The highest BCUT2D eigenvalue weighted by Gasteiger charge is 2.22. The van der Waals surface area contributed by atoms with Crippen LogP contribution in [-0.2, 0) is 0 Å². The highest BCUT2D eigenvalue weighted by molar-refractivity contribution is 6.20. The highest BCUT2D eigenvalue weighted by atomic mass is 35.5. The third-order valence-electron chi connectivity index (χ3n) is 4.93. The van der Waals surface area contributed by atoms with Crippen molar-refractivity contribution < 1.29 is 0 Å². The quantitative estimate of drug-likeness (QED) is 0.311. The minimum absolute atomic E-state index is 0.430. The molecule has 1 fully saturated rings. The van der Waals surface area contributed by atoms with E-state index in [0.717, 1.165) is 12.5 Å². The summed E-state index contributed by atoms with van der Waals surface area (Å²) in [5.41, 5.74) is 0. The van der Waals surface area contributed by atoms with Crippen LogP contribution < -0.4 is 5.32 Å². The molecule has 1 rings (SSSR count). The van der Waals surface area contributed by atoms with Gasteiger partial charge in [-0.2, -0.15) is 0 Å². The van der Waals surface area contributed by atoms with Crippen LogP contribution in [0, 0.1) is 5.92 Å². The number of nitrogens with one attached hydrogen (secondary N) is 1. The van der Waals surface area contributed by atoms with Gasteiger partial charge in [0.05, 0.1) is 0 Å². The normalized spacial score (nSPS) is 22.6. The fourth-order valence-corrected chi connectivity index (χ4v) is 3.79. The number of alkyl halides is 1. The molecule has 2 atom stereocenters. The van der Waals surface area contributed by atoms with E-state index in [-0.39, 0.29) is 0 Å². The molecule has 0 amide bonds. The SMILES string of the molecule is CCCCCCCCCCCCNCC1CCCCC1Cl. The molecule has 0 aromatic carbocycles. The van der Waals surface area contributed by atoms with Crippen LogP contribution in [0.3, 0.4) is 0 Å². The van der Waals surface area contributed by atoms with Crippen molar-refractivity contribution in [2.75, 3.05) is 13.1 Å². The van der Waals surface area contributed by atoms with Crippen LogP contribution in [0.5, 0.6) is 0 Å². The molecule has 0 aromatic heterocycles. The zero-order chi connectivity index (χ0) is 15.2. The average molecular weight is 316 g/mol. The summed E-state index contributed by atoms with van der Waals surface area (Å²) >= 11 is 6.39. The van der Waals surface area contributed by atoms with Crippen molar-refractivity contribution in [3.63, 3.8) is 0 Å². The third-order valence-corrected chi connectivity index (χ3v) is 5.50. The second kappa shape index (κ2) is 13.9. The molecule has 2 heteroatoms. The molecule has 0 heterocycles. The molecule has 0 saturated heterocycles. The number of hydrogen-bond acceptors (Lipinski definition) is 1. The number of rotatable bonds is 13. The Bertz CT molecular complexity index is 220. The van der Waals surface area contributed by atoms with Gasteiger partial charge >= 0.3 is 0 Å². The molecular weight excluding hydrogens is 278 g/mol. The Kier molecular flexibility index (Phi) is 12.8. The molecule has 1 N–H and O–H groups in total. The largest absolute Gasteiger partial charge is 0.316 e. The average Bonchev–Trinajstić information content (AvgIpc) is 2.50. The summed E-state index contributed by atoms with van der Waals surface area (Å²) in [6.07, 6.45) is 19.5. The lowest BCUT2D eigenvalue weighted by atomic mass is 9.89. The maximum Gasteiger partial charge on any atom is 0.0376 e. The zero-order valence-electron chi connectivity index (χ0n) is 14.3. The molecule has 21 heavy (non-hydrogen) atoms. The summed E-state index contributed by atoms with van der Waals surface area (Å²) in [6.45, 7) is 4.62. The molecular formula is C19H38ClN. The van der Waals surface area contributed by atoms with Gasteiger partial charge < -0.3 is 5.32 Å². The van der Waals surface area contributed by atoms with E-state index in [2.05, 4.69) is 12.2 Å². The summed E-state index contributed by atoms with van der Waals surface area (Å²) in [5, 5.41) is 4.06. The van der Waals surface area contributed by atoms with Crippen molar-refractivity contribution in [3.05, 3.63) is 0 Å². The minimum Gasteiger partial charge on any atom is -0.316 e. The Hall–Kier alpha value is 0.250. The standard InChI is InChI=1S/C19H38ClN/c1-2-3-4-5-6-7-8-9-10-13-16-21-17-18-14-11-12-15-19(18)20/h18-19,21H,2-17H2,1H3. The second-order valence-electron chi connectivity index (χ2n) is 6.95. The molecule has 1 aliphatic carbocycles. The molecule has 1 nitrogen and oxygen atoms in total. The maximum absolute atomic E-state index is 6.39. The summed E-state index contributed by atoms with van der Waals surface area (Å²) in [6, 6.07) is 0. The van der Waals surface area contributed by atoms with E-state index in [9.17, 15) is 0 Å². The highest BCUT2D eigenvalue weighted by Crippen LogP contribution is 2.27. The van der Waals surface area contributed by atoms with Gasteiger partial charge in [-0.1, -0.05) is 77.6 Å². The summed E-state index contributed by atoms with van der Waals surface area (Å²) < 4.78 is 0. The van der Waals surface area contributed by atoms with Crippen LogP contribution in [-0.4, -0.2) is 18.5 Å². The fraction of sp³-hybridized carbons (Fsp3) is 1.00. The van der Waals surface area contributed by atoms with Crippen molar-refractivity contribution in [3.8, 4) is 0 Å². The zero-order valence-corrected chi connectivity index (χ0v) is 15.1. The first kappa shape index (κ1) is 19.3. The lowest BCUT2D eigenvalue weighted by molar-refractivity contribution is 0.348.